The van der Waals surface area contributed by atoms with Crippen molar-refractivity contribution in [2.75, 3.05) is 5.32 Å². The second-order valence-electron chi connectivity index (χ2n) is 9.11. The molecule has 7 heteroatoms. The highest BCUT2D eigenvalue weighted by Gasteiger charge is 2.35. The van der Waals surface area contributed by atoms with Crippen molar-refractivity contribution >= 4 is 11.9 Å². The predicted octanol–water partition coefficient (Wildman–Crippen LogP) is 5.33. The number of aromatic nitrogens is 3. The molecule has 2 aromatic carbocycles. The fraction of sp³-hybridized carbons (Fsp3) is 0.370. The number of nitrogens with one attached hydrogen (secondary N) is 1. The molecule has 5 rings (SSSR count). The first-order valence-electron chi connectivity index (χ1n) is 11.9. The minimum absolute atomic E-state index is 0.0245. The molecule has 2 aliphatic rings. The maximum atomic E-state index is 13.4. The third-order valence-electron chi connectivity index (χ3n) is 6.54. The molecule has 2 heterocycles. The summed E-state index contributed by atoms with van der Waals surface area (Å²) in [6.07, 6.45) is 6.73. The zero-order valence-corrected chi connectivity index (χ0v) is 19.7. The monoisotopic (exact) mass is 458 g/mol. The molecule has 1 N–H and O–H groups in total. The summed E-state index contributed by atoms with van der Waals surface area (Å²) in [6.45, 7) is 4.42. The number of carbonyl (C=O) groups excluding carboxylic acids is 1. The smallest absolute Gasteiger partial charge is 0.338 e. The average Bonchev–Trinajstić information content (AvgIpc) is 3.31. The van der Waals surface area contributed by atoms with E-state index >= 15 is 0 Å². The lowest BCUT2D eigenvalue weighted by Gasteiger charge is -2.30. The Balaban J connectivity index is 1.42. The van der Waals surface area contributed by atoms with Crippen LogP contribution in [0.5, 0.6) is 5.75 Å². The number of rotatable bonds is 6. The fourth-order valence-corrected chi connectivity index (χ4v) is 4.69. The summed E-state index contributed by atoms with van der Waals surface area (Å²) < 4.78 is 13.8. The Labute approximate surface area is 199 Å². The number of benzene rings is 2. The van der Waals surface area contributed by atoms with E-state index in [4.69, 9.17) is 9.47 Å². The molecule has 1 atom stereocenters. The van der Waals surface area contributed by atoms with E-state index in [9.17, 15) is 4.79 Å². The van der Waals surface area contributed by atoms with Crippen LogP contribution in [0.25, 0.3) is 0 Å². The van der Waals surface area contributed by atoms with Gasteiger partial charge in [0.1, 0.15) is 30.8 Å². The minimum atomic E-state index is -0.447. The SMILES string of the molecule is CC1=C(C(=O)OC2CCCCC2)C(c2cccc(OCc3ccc(C)cc3)c2)n2ncnc2N1. The zero-order chi connectivity index (χ0) is 23.5. The largest absolute Gasteiger partial charge is 0.489 e. The Kier molecular flexibility index (Phi) is 6.34. The van der Waals surface area contributed by atoms with Gasteiger partial charge in [0.15, 0.2) is 0 Å². The van der Waals surface area contributed by atoms with Gasteiger partial charge in [-0.25, -0.2) is 9.48 Å². The van der Waals surface area contributed by atoms with E-state index < -0.39 is 6.04 Å². The van der Waals surface area contributed by atoms with Gasteiger partial charge in [-0.2, -0.15) is 10.1 Å². The molecule has 0 radical (unpaired) electrons. The minimum Gasteiger partial charge on any atom is -0.489 e. The van der Waals surface area contributed by atoms with Crippen LogP contribution >= 0.6 is 0 Å². The van der Waals surface area contributed by atoms with Crippen LogP contribution in [0.4, 0.5) is 5.95 Å². The molecule has 1 aliphatic heterocycles. The van der Waals surface area contributed by atoms with Crippen LogP contribution < -0.4 is 10.1 Å². The first-order chi connectivity index (χ1) is 16.6. The third-order valence-corrected chi connectivity index (χ3v) is 6.54. The summed E-state index contributed by atoms with van der Waals surface area (Å²) in [5.41, 5.74) is 4.50. The maximum absolute atomic E-state index is 13.4. The number of nitrogens with zero attached hydrogens (tertiary/aromatic N) is 3. The van der Waals surface area contributed by atoms with Crippen molar-refractivity contribution in [3.05, 3.63) is 82.8 Å². The van der Waals surface area contributed by atoms with Crippen molar-refractivity contribution in [2.45, 2.75) is 64.7 Å². The molecule has 7 nitrogen and oxygen atoms in total. The highest BCUT2D eigenvalue weighted by Crippen LogP contribution is 2.37. The standard InChI is InChI=1S/C27H30N4O3/c1-18-11-13-20(14-12-18)16-33-23-10-6-7-21(15-23)25-24(19(2)30-27-28-17-29-31(25)27)26(32)34-22-8-4-3-5-9-22/h6-7,10-15,17,22,25H,3-5,8-9,16H2,1-2H3,(H,28,29,30). The third kappa shape index (κ3) is 4.69. The summed E-state index contributed by atoms with van der Waals surface area (Å²) >= 11 is 0. The van der Waals surface area contributed by atoms with Crippen LogP contribution in [-0.2, 0) is 16.1 Å². The zero-order valence-electron chi connectivity index (χ0n) is 19.7. The number of carbonyl (C=O) groups is 1. The lowest BCUT2D eigenvalue weighted by Crippen LogP contribution is -2.32. The first kappa shape index (κ1) is 22.2. The van der Waals surface area contributed by atoms with Crippen molar-refractivity contribution in [3.63, 3.8) is 0 Å². The van der Waals surface area contributed by atoms with E-state index in [0.29, 0.717) is 18.1 Å². The number of anilines is 1. The second kappa shape index (κ2) is 9.71. The highest BCUT2D eigenvalue weighted by atomic mass is 16.5. The maximum Gasteiger partial charge on any atom is 0.338 e. The summed E-state index contributed by atoms with van der Waals surface area (Å²) in [5, 5.41) is 7.63. The number of hydrogen-bond acceptors (Lipinski definition) is 6. The van der Waals surface area contributed by atoms with Crippen molar-refractivity contribution < 1.29 is 14.3 Å². The Morgan fingerprint density at radius 1 is 1.09 bits per heavy atom. The van der Waals surface area contributed by atoms with E-state index in [1.165, 1.54) is 18.3 Å². The summed E-state index contributed by atoms with van der Waals surface area (Å²) in [4.78, 5) is 17.7. The van der Waals surface area contributed by atoms with Gasteiger partial charge in [-0.05, 0) is 62.8 Å². The van der Waals surface area contributed by atoms with Gasteiger partial charge in [0.05, 0.1) is 5.57 Å². The summed E-state index contributed by atoms with van der Waals surface area (Å²) in [5.74, 6) is 1.03. The van der Waals surface area contributed by atoms with Crippen molar-refractivity contribution in [1.82, 2.24) is 14.8 Å². The molecule has 1 aromatic heterocycles. The van der Waals surface area contributed by atoms with Gasteiger partial charge in [0.2, 0.25) is 5.95 Å². The van der Waals surface area contributed by atoms with Crippen LogP contribution in [0.1, 0.15) is 61.8 Å². The molecule has 1 aliphatic carbocycles. The molecule has 0 amide bonds. The molecule has 34 heavy (non-hydrogen) atoms. The molecular formula is C27H30N4O3. The van der Waals surface area contributed by atoms with Crippen LogP contribution in [0, 0.1) is 6.92 Å². The van der Waals surface area contributed by atoms with Gasteiger partial charge in [-0.15, -0.1) is 0 Å². The van der Waals surface area contributed by atoms with Crippen LogP contribution in [0.3, 0.4) is 0 Å². The Hall–Kier alpha value is -3.61. The number of hydrogen-bond donors (Lipinski definition) is 1. The molecule has 0 saturated heterocycles. The Morgan fingerprint density at radius 3 is 2.68 bits per heavy atom. The Bertz CT molecular complexity index is 1190. The topological polar surface area (TPSA) is 78.3 Å². The number of allylic oxidation sites excluding steroid dienone is 1. The lowest BCUT2D eigenvalue weighted by atomic mass is 9.94. The first-order valence-corrected chi connectivity index (χ1v) is 11.9. The summed E-state index contributed by atoms with van der Waals surface area (Å²) in [6, 6.07) is 15.7. The van der Waals surface area contributed by atoms with E-state index in [0.717, 1.165) is 48.3 Å². The van der Waals surface area contributed by atoms with E-state index in [2.05, 4.69) is 46.6 Å². The molecule has 1 saturated carbocycles. The van der Waals surface area contributed by atoms with Gasteiger partial charge < -0.3 is 14.8 Å². The van der Waals surface area contributed by atoms with Gasteiger partial charge >= 0.3 is 5.97 Å². The summed E-state index contributed by atoms with van der Waals surface area (Å²) in [7, 11) is 0. The molecule has 176 valence electrons. The van der Waals surface area contributed by atoms with Crippen LogP contribution in [0.2, 0.25) is 0 Å². The number of aryl methyl sites for hydroxylation is 1. The average molecular weight is 459 g/mol. The van der Waals surface area contributed by atoms with Crippen LogP contribution in [-0.4, -0.2) is 26.8 Å². The normalized spacial score (nSPS) is 18.2. The Morgan fingerprint density at radius 2 is 1.88 bits per heavy atom. The molecule has 1 fully saturated rings. The number of esters is 1. The molecule has 1 unspecified atom stereocenters. The van der Waals surface area contributed by atoms with Gasteiger partial charge in [0, 0.05) is 5.70 Å². The van der Waals surface area contributed by atoms with Gasteiger partial charge in [0.25, 0.3) is 0 Å². The quantitative estimate of drug-likeness (QED) is 0.503. The van der Waals surface area contributed by atoms with Gasteiger partial charge in [-0.3, -0.25) is 0 Å². The van der Waals surface area contributed by atoms with Crippen molar-refractivity contribution in [3.8, 4) is 5.75 Å². The van der Waals surface area contributed by atoms with Crippen molar-refractivity contribution in [2.24, 2.45) is 0 Å². The number of ether oxygens (including phenoxy) is 2. The van der Waals surface area contributed by atoms with E-state index in [1.807, 2.05) is 31.2 Å². The molecule has 3 aromatic rings. The van der Waals surface area contributed by atoms with Crippen molar-refractivity contribution in [1.29, 1.82) is 0 Å². The number of fused-ring (bicyclic) bond motifs is 1. The lowest BCUT2D eigenvalue weighted by molar-refractivity contribution is -0.146. The highest BCUT2D eigenvalue weighted by molar-refractivity contribution is 5.92. The van der Waals surface area contributed by atoms with E-state index in [1.54, 1.807) is 4.68 Å². The second-order valence-corrected chi connectivity index (χ2v) is 9.11. The van der Waals surface area contributed by atoms with Crippen LogP contribution in [0.15, 0.2) is 66.1 Å². The molecule has 0 spiro atoms. The van der Waals surface area contributed by atoms with E-state index in [-0.39, 0.29) is 12.1 Å². The molecule has 0 bridgehead atoms. The molecular weight excluding hydrogens is 428 g/mol. The predicted molar refractivity (Wildman–Crippen MR) is 129 cm³/mol. The fourth-order valence-electron chi connectivity index (χ4n) is 4.69. The van der Waals surface area contributed by atoms with Gasteiger partial charge in [-0.1, -0.05) is 48.4 Å².